The second-order valence-electron chi connectivity index (χ2n) is 4.67. The fraction of sp³-hybridized carbons (Fsp3) is 0.750. The minimum Gasteiger partial charge on any atom is -0.466 e. The first-order chi connectivity index (χ1) is 12.7. The molecule has 0 rings (SSSR count). The predicted molar refractivity (Wildman–Crippen MR) is 89.2 cm³/mol. The van der Waals surface area contributed by atoms with Crippen molar-refractivity contribution in [2.24, 2.45) is 0 Å². The highest BCUT2D eigenvalue weighted by Gasteiger charge is 2.32. The van der Waals surface area contributed by atoms with Gasteiger partial charge in [0, 0.05) is 0 Å². The quantitative estimate of drug-likeness (QED) is 0.296. The van der Waals surface area contributed by atoms with Crippen LogP contribution in [0.2, 0.25) is 0 Å². The van der Waals surface area contributed by atoms with Gasteiger partial charge in [0.1, 0.15) is 0 Å². The fourth-order valence-corrected chi connectivity index (χ4v) is 1.41. The van der Waals surface area contributed by atoms with Crippen molar-refractivity contribution in [3.05, 3.63) is 0 Å². The van der Waals surface area contributed by atoms with Crippen molar-refractivity contribution >= 4 is 23.9 Å². The first-order valence-corrected chi connectivity index (χ1v) is 8.35. The van der Waals surface area contributed by atoms with Crippen molar-refractivity contribution < 1.29 is 53.4 Å². The number of esters is 4. The molecule has 0 aromatic rings. The molecular formula is C16H28O11. The number of hydrogen-bond acceptors (Lipinski definition) is 11. The molecule has 27 heavy (non-hydrogen) atoms. The zero-order valence-electron chi connectivity index (χ0n) is 15.9. The molecule has 0 fully saturated rings. The number of carbonyl (C=O) groups excluding carboxylic acids is 4. The second kappa shape index (κ2) is 16.0. The molecule has 0 saturated carbocycles. The van der Waals surface area contributed by atoms with Crippen LogP contribution in [0, 0.1) is 0 Å². The average Bonchev–Trinajstić information content (AvgIpc) is 2.61. The lowest BCUT2D eigenvalue weighted by atomic mass is 10.2. The van der Waals surface area contributed by atoms with Crippen LogP contribution in [-0.2, 0) is 38.1 Å². The summed E-state index contributed by atoms with van der Waals surface area (Å²) in [5.41, 5.74) is 0. The summed E-state index contributed by atoms with van der Waals surface area (Å²) in [5, 5.41) is 27.2. The van der Waals surface area contributed by atoms with Crippen molar-refractivity contribution in [1.82, 2.24) is 0 Å². The molecule has 0 heterocycles. The molecule has 0 aliphatic carbocycles. The first kappa shape index (κ1) is 27.0. The zero-order valence-corrected chi connectivity index (χ0v) is 15.9. The van der Waals surface area contributed by atoms with Crippen LogP contribution in [0.15, 0.2) is 0 Å². The number of rotatable bonds is 10. The third-order valence-corrected chi connectivity index (χ3v) is 2.58. The Morgan fingerprint density at radius 3 is 1.30 bits per heavy atom. The van der Waals surface area contributed by atoms with E-state index in [0.29, 0.717) is 0 Å². The SMILES string of the molecule is CCOC(=O)C(O)C(O)C(=O)OCC.CCOC(=O)CC(O)C(=O)OCC. The summed E-state index contributed by atoms with van der Waals surface area (Å²) >= 11 is 0. The van der Waals surface area contributed by atoms with Crippen molar-refractivity contribution in [2.75, 3.05) is 26.4 Å². The molecular weight excluding hydrogens is 368 g/mol. The fourth-order valence-electron chi connectivity index (χ4n) is 1.41. The van der Waals surface area contributed by atoms with E-state index in [9.17, 15) is 19.2 Å². The highest BCUT2D eigenvalue weighted by molar-refractivity contribution is 5.85. The number of hydrogen-bond donors (Lipinski definition) is 3. The highest BCUT2D eigenvalue weighted by atomic mass is 16.6. The van der Waals surface area contributed by atoms with Crippen molar-refractivity contribution in [2.45, 2.75) is 52.4 Å². The van der Waals surface area contributed by atoms with Crippen LogP contribution in [0.5, 0.6) is 0 Å². The number of carbonyl (C=O) groups is 4. The monoisotopic (exact) mass is 396 g/mol. The summed E-state index contributed by atoms with van der Waals surface area (Å²) in [6.07, 6.45) is -5.56. The first-order valence-electron chi connectivity index (χ1n) is 8.35. The van der Waals surface area contributed by atoms with Crippen LogP contribution in [0.4, 0.5) is 0 Å². The third kappa shape index (κ3) is 12.7. The molecule has 0 spiro atoms. The lowest BCUT2D eigenvalue weighted by Gasteiger charge is -2.14. The van der Waals surface area contributed by atoms with E-state index < -0.39 is 42.2 Å². The Bertz CT molecular complexity index is 441. The molecule has 0 radical (unpaired) electrons. The molecule has 0 aliphatic heterocycles. The maximum atomic E-state index is 10.9. The highest BCUT2D eigenvalue weighted by Crippen LogP contribution is 2.00. The molecule has 3 N–H and O–H groups in total. The zero-order chi connectivity index (χ0) is 21.4. The Morgan fingerprint density at radius 1 is 0.630 bits per heavy atom. The molecule has 0 bridgehead atoms. The number of aliphatic hydroxyl groups is 3. The summed E-state index contributed by atoms with van der Waals surface area (Å²) in [4.78, 5) is 43.3. The molecule has 0 aromatic heterocycles. The van der Waals surface area contributed by atoms with E-state index in [0.717, 1.165) is 0 Å². The topological polar surface area (TPSA) is 166 Å². The molecule has 3 atom stereocenters. The number of ether oxygens (including phenoxy) is 4. The Kier molecular flexibility index (Phi) is 16.0. The van der Waals surface area contributed by atoms with Gasteiger partial charge in [-0.2, -0.15) is 0 Å². The van der Waals surface area contributed by atoms with Gasteiger partial charge in [0.05, 0.1) is 32.8 Å². The minimum atomic E-state index is -1.89. The maximum absolute atomic E-state index is 10.9. The summed E-state index contributed by atoms with van der Waals surface area (Å²) in [7, 11) is 0. The van der Waals surface area contributed by atoms with Gasteiger partial charge in [-0.1, -0.05) is 0 Å². The van der Waals surface area contributed by atoms with Crippen molar-refractivity contribution in [3.63, 3.8) is 0 Å². The summed E-state index contributed by atoms with van der Waals surface area (Å²) in [6.45, 7) is 6.89. The largest absolute Gasteiger partial charge is 0.466 e. The normalized spacial score (nSPS) is 13.1. The average molecular weight is 396 g/mol. The Balaban J connectivity index is 0. The summed E-state index contributed by atoms with van der Waals surface area (Å²) in [6, 6.07) is 0. The van der Waals surface area contributed by atoms with Crippen LogP contribution < -0.4 is 0 Å². The van der Waals surface area contributed by atoms with Crippen molar-refractivity contribution in [3.8, 4) is 0 Å². The van der Waals surface area contributed by atoms with Gasteiger partial charge in [0.25, 0.3) is 0 Å². The maximum Gasteiger partial charge on any atom is 0.338 e. The predicted octanol–water partition coefficient (Wildman–Crippen LogP) is -1.30. The van der Waals surface area contributed by atoms with Gasteiger partial charge in [0.2, 0.25) is 0 Å². The van der Waals surface area contributed by atoms with E-state index >= 15 is 0 Å². The molecule has 0 saturated heterocycles. The van der Waals surface area contributed by atoms with E-state index in [1.54, 1.807) is 27.7 Å². The molecule has 11 heteroatoms. The van der Waals surface area contributed by atoms with E-state index in [4.69, 9.17) is 15.3 Å². The summed E-state index contributed by atoms with van der Waals surface area (Å²) < 4.78 is 17.8. The van der Waals surface area contributed by atoms with Crippen LogP contribution in [-0.4, -0.2) is 83.9 Å². The van der Waals surface area contributed by atoms with E-state index in [-0.39, 0.29) is 32.8 Å². The third-order valence-electron chi connectivity index (χ3n) is 2.58. The minimum absolute atomic E-state index is 0.0610. The molecule has 158 valence electrons. The van der Waals surface area contributed by atoms with Gasteiger partial charge >= 0.3 is 23.9 Å². The van der Waals surface area contributed by atoms with Gasteiger partial charge in [0.15, 0.2) is 18.3 Å². The molecule has 0 aromatic carbocycles. The van der Waals surface area contributed by atoms with Crippen molar-refractivity contribution in [1.29, 1.82) is 0 Å². The van der Waals surface area contributed by atoms with Crippen LogP contribution in [0.1, 0.15) is 34.1 Å². The lowest BCUT2D eigenvalue weighted by molar-refractivity contribution is -0.172. The lowest BCUT2D eigenvalue weighted by Crippen LogP contribution is -2.41. The van der Waals surface area contributed by atoms with Gasteiger partial charge in [-0.25, -0.2) is 14.4 Å². The van der Waals surface area contributed by atoms with Crippen LogP contribution in [0.3, 0.4) is 0 Å². The summed E-state index contributed by atoms with van der Waals surface area (Å²) in [5.74, 6) is -3.50. The second-order valence-corrected chi connectivity index (χ2v) is 4.67. The van der Waals surface area contributed by atoms with Gasteiger partial charge < -0.3 is 34.3 Å². The van der Waals surface area contributed by atoms with E-state index in [2.05, 4.69) is 18.9 Å². The van der Waals surface area contributed by atoms with Gasteiger partial charge in [-0.15, -0.1) is 0 Å². The Labute approximate surface area is 157 Å². The molecule has 0 aliphatic rings. The molecule has 11 nitrogen and oxygen atoms in total. The Morgan fingerprint density at radius 2 is 0.963 bits per heavy atom. The van der Waals surface area contributed by atoms with E-state index in [1.165, 1.54) is 0 Å². The van der Waals surface area contributed by atoms with Gasteiger partial charge in [-0.3, -0.25) is 4.79 Å². The number of aliphatic hydroxyl groups excluding tert-OH is 3. The smallest absolute Gasteiger partial charge is 0.338 e. The van der Waals surface area contributed by atoms with E-state index in [1.807, 2.05) is 0 Å². The molecule has 3 unspecified atom stereocenters. The Hall–Kier alpha value is -2.24. The van der Waals surface area contributed by atoms with Crippen LogP contribution >= 0.6 is 0 Å². The van der Waals surface area contributed by atoms with Crippen LogP contribution in [0.25, 0.3) is 0 Å². The standard InChI is InChI=1S/C8H14O6.C8H14O5/c1-3-13-7(11)5(9)6(10)8(12)14-4-2;1-3-12-7(10)5-6(9)8(11)13-4-2/h5-6,9-10H,3-4H2,1-2H3;6,9H,3-5H2,1-2H3. The molecule has 0 amide bonds. The van der Waals surface area contributed by atoms with Gasteiger partial charge in [-0.05, 0) is 27.7 Å².